The summed E-state index contributed by atoms with van der Waals surface area (Å²) < 4.78 is 5.72. The van der Waals surface area contributed by atoms with Crippen molar-refractivity contribution >= 4 is 5.91 Å². The molecular formula is C17H17NO3. The molecule has 1 aliphatic rings. The number of hydrogen-bond donors (Lipinski definition) is 1. The Morgan fingerprint density at radius 2 is 1.76 bits per heavy atom. The standard InChI is InChI=1S/C17H17NO3/c19-14-10-18(11-14)17(20)16-9-5-4-6-13(16)12-21-15-7-2-1-3-8-15/h1-9,14,19H,10-12H2. The van der Waals surface area contributed by atoms with Crippen LogP contribution < -0.4 is 4.74 Å². The van der Waals surface area contributed by atoms with Crippen LogP contribution in [0.5, 0.6) is 5.75 Å². The molecule has 0 radical (unpaired) electrons. The number of rotatable bonds is 4. The zero-order valence-electron chi connectivity index (χ0n) is 11.6. The molecule has 108 valence electrons. The summed E-state index contributed by atoms with van der Waals surface area (Å²) >= 11 is 0. The number of aliphatic hydroxyl groups excluding tert-OH is 1. The number of nitrogens with zero attached hydrogens (tertiary/aromatic N) is 1. The molecule has 0 atom stereocenters. The normalized spacial score (nSPS) is 14.6. The first kappa shape index (κ1) is 13.6. The summed E-state index contributed by atoms with van der Waals surface area (Å²) in [6.07, 6.45) is -0.387. The maximum absolute atomic E-state index is 12.4. The van der Waals surface area contributed by atoms with Gasteiger partial charge in [0.15, 0.2) is 0 Å². The Morgan fingerprint density at radius 1 is 1.10 bits per heavy atom. The molecule has 0 bridgehead atoms. The average molecular weight is 283 g/mol. The third kappa shape index (κ3) is 3.06. The lowest BCUT2D eigenvalue weighted by Crippen LogP contribution is -2.53. The van der Waals surface area contributed by atoms with E-state index in [1.165, 1.54) is 0 Å². The van der Waals surface area contributed by atoms with Crippen molar-refractivity contribution in [1.82, 2.24) is 4.90 Å². The van der Waals surface area contributed by atoms with Crippen molar-refractivity contribution in [3.63, 3.8) is 0 Å². The number of aliphatic hydroxyl groups is 1. The number of β-amino-alcohol motifs (C(OH)–C–C–N with tert-alkyl or cyclic N) is 1. The summed E-state index contributed by atoms with van der Waals surface area (Å²) in [5, 5.41) is 9.32. The van der Waals surface area contributed by atoms with Gasteiger partial charge < -0.3 is 14.7 Å². The molecular weight excluding hydrogens is 266 g/mol. The summed E-state index contributed by atoms with van der Waals surface area (Å²) in [5.74, 6) is 0.728. The highest BCUT2D eigenvalue weighted by molar-refractivity contribution is 5.96. The molecule has 1 fully saturated rings. The minimum Gasteiger partial charge on any atom is -0.489 e. The molecule has 2 aromatic rings. The zero-order chi connectivity index (χ0) is 14.7. The highest BCUT2D eigenvalue weighted by Crippen LogP contribution is 2.19. The molecule has 1 amide bonds. The minimum atomic E-state index is -0.387. The molecule has 2 aromatic carbocycles. The van der Waals surface area contributed by atoms with E-state index in [0.717, 1.165) is 11.3 Å². The first-order valence-corrected chi connectivity index (χ1v) is 6.97. The van der Waals surface area contributed by atoms with Gasteiger partial charge in [-0.25, -0.2) is 0 Å². The summed E-state index contributed by atoms with van der Waals surface area (Å²) in [7, 11) is 0. The van der Waals surface area contributed by atoms with Gasteiger partial charge in [0.05, 0.1) is 6.10 Å². The Balaban J connectivity index is 1.72. The first-order valence-electron chi connectivity index (χ1n) is 6.97. The molecule has 0 saturated carbocycles. The summed E-state index contributed by atoms with van der Waals surface area (Å²) in [6, 6.07) is 17.0. The summed E-state index contributed by atoms with van der Waals surface area (Å²) in [6.45, 7) is 1.17. The van der Waals surface area contributed by atoms with Crippen molar-refractivity contribution < 1.29 is 14.6 Å². The quantitative estimate of drug-likeness (QED) is 0.934. The number of benzene rings is 2. The highest BCUT2D eigenvalue weighted by Gasteiger charge is 2.30. The number of likely N-dealkylation sites (tertiary alicyclic amines) is 1. The lowest BCUT2D eigenvalue weighted by atomic mass is 10.0. The van der Waals surface area contributed by atoms with E-state index in [1.807, 2.05) is 48.5 Å². The summed E-state index contributed by atoms with van der Waals surface area (Å²) in [4.78, 5) is 14.0. The SMILES string of the molecule is O=C(c1ccccc1COc1ccccc1)N1CC(O)C1. The van der Waals surface area contributed by atoms with Gasteiger partial charge in [-0.1, -0.05) is 36.4 Å². The third-order valence-corrected chi connectivity index (χ3v) is 3.53. The van der Waals surface area contributed by atoms with Crippen molar-refractivity contribution in [2.45, 2.75) is 12.7 Å². The minimum absolute atomic E-state index is 0.0486. The second-order valence-corrected chi connectivity index (χ2v) is 5.12. The van der Waals surface area contributed by atoms with E-state index in [-0.39, 0.29) is 12.0 Å². The lowest BCUT2D eigenvalue weighted by Gasteiger charge is -2.36. The molecule has 0 spiro atoms. The fourth-order valence-electron chi connectivity index (χ4n) is 2.32. The molecule has 4 nitrogen and oxygen atoms in total. The molecule has 21 heavy (non-hydrogen) atoms. The number of carbonyl (C=O) groups excluding carboxylic acids is 1. The van der Waals surface area contributed by atoms with Crippen LogP contribution in [0.4, 0.5) is 0 Å². The number of para-hydroxylation sites is 1. The largest absolute Gasteiger partial charge is 0.489 e. The van der Waals surface area contributed by atoms with Crippen LogP contribution in [0, 0.1) is 0 Å². The van der Waals surface area contributed by atoms with Crippen LogP contribution in [0.25, 0.3) is 0 Å². The first-order chi connectivity index (χ1) is 10.2. The number of ether oxygens (including phenoxy) is 1. The third-order valence-electron chi connectivity index (χ3n) is 3.53. The molecule has 3 rings (SSSR count). The monoisotopic (exact) mass is 283 g/mol. The van der Waals surface area contributed by atoms with Crippen LogP contribution in [0.2, 0.25) is 0 Å². The second kappa shape index (κ2) is 5.97. The maximum Gasteiger partial charge on any atom is 0.254 e. The van der Waals surface area contributed by atoms with Crippen LogP contribution in [-0.2, 0) is 6.61 Å². The van der Waals surface area contributed by atoms with E-state index in [2.05, 4.69) is 0 Å². The van der Waals surface area contributed by atoms with Crippen LogP contribution in [-0.4, -0.2) is 35.1 Å². The molecule has 0 aliphatic carbocycles. The number of carbonyl (C=O) groups is 1. The maximum atomic E-state index is 12.4. The van der Waals surface area contributed by atoms with Gasteiger partial charge in [-0.15, -0.1) is 0 Å². The van der Waals surface area contributed by atoms with Crippen LogP contribution in [0.3, 0.4) is 0 Å². The van der Waals surface area contributed by atoms with E-state index in [9.17, 15) is 9.90 Å². The van der Waals surface area contributed by atoms with Crippen LogP contribution >= 0.6 is 0 Å². The van der Waals surface area contributed by atoms with E-state index in [0.29, 0.717) is 25.3 Å². The molecule has 1 saturated heterocycles. The fraction of sp³-hybridized carbons (Fsp3) is 0.235. The van der Waals surface area contributed by atoms with E-state index >= 15 is 0 Å². The van der Waals surface area contributed by atoms with Gasteiger partial charge in [-0.3, -0.25) is 4.79 Å². The van der Waals surface area contributed by atoms with Gasteiger partial charge in [-0.05, 0) is 18.2 Å². The van der Waals surface area contributed by atoms with Gasteiger partial charge in [0.1, 0.15) is 12.4 Å². The molecule has 0 aromatic heterocycles. The number of amides is 1. The summed E-state index contributed by atoms with van der Waals surface area (Å²) in [5.41, 5.74) is 1.49. The second-order valence-electron chi connectivity index (χ2n) is 5.12. The van der Waals surface area contributed by atoms with Crippen molar-refractivity contribution in [1.29, 1.82) is 0 Å². The number of hydrogen-bond acceptors (Lipinski definition) is 3. The van der Waals surface area contributed by atoms with Gasteiger partial charge in [0.2, 0.25) is 0 Å². The van der Waals surface area contributed by atoms with Crippen molar-refractivity contribution in [3.8, 4) is 5.75 Å². The highest BCUT2D eigenvalue weighted by atomic mass is 16.5. The Bertz CT molecular complexity index is 621. The van der Waals surface area contributed by atoms with E-state index in [4.69, 9.17) is 4.74 Å². The topological polar surface area (TPSA) is 49.8 Å². The Hall–Kier alpha value is -2.33. The predicted octanol–water partition coefficient (Wildman–Crippen LogP) is 2.08. The fourth-order valence-corrected chi connectivity index (χ4v) is 2.32. The van der Waals surface area contributed by atoms with Gasteiger partial charge >= 0.3 is 0 Å². The lowest BCUT2D eigenvalue weighted by molar-refractivity contribution is 0.00575. The molecule has 0 unspecified atom stereocenters. The van der Waals surface area contributed by atoms with Crippen LogP contribution in [0.15, 0.2) is 54.6 Å². The molecule has 4 heteroatoms. The van der Waals surface area contributed by atoms with E-state index < -0.39 is 0 Å². The van der Waals surface area contributed by atoms with Crippen molar-refractivity contribution in [3.05, 3.63) is 65.7 Å². The Morgan fingerprint density at radius 3 is 2.48 bits per heavy atom. The Labute approximate surface area is 123 Å². The molecule has 1 aliphatic heterocycles. The Kier molecular flexibility index (Phi) is 3.88. The molecule has 1 N–H and O–H groups in total. The van der Waals surface area contributed by atoms with Gasteiger partial charge in [0.25, 0.3) is 5.91 Å². The molecule has 1 heterocycles. The smallest absolute Gasteiger partial charge is 0.254 e. The van der Waals surface area contributed by atoms with Crippen LogP contribution in [0.1, 0.15) is 15.9 Å². The van der Waals surface area contributed by atoms with Crippen molar-refractivity contribution in [2.24, 2.45) is 0 Å². The average Bonchev–Trinajstić information content (AvgIpc) is 2.50. The van der Waals surface area contributed by atoms with E-state index in [1.54, 1.807) is 11.0 Å². The van der Waals surface area contributed by atoms with Crippen molar-refractivity contribution in [2.75, 3.05) is 13.1 Å². The van der Waals surface area contributed by atoms with Gasteiger partial charge in [0, 0.05) is 24.2 Å². The predicted molar refractivity (Wildman–Crippen MR) is 79.1 cm³/mol. The zero-order valence-corrected chi connectivity index (χ0v) is 11.6. The van der Waals surface area contributed by atoms with Gasteiger partial charge in [-0.2, -0.15) is 0 Å².